The molecule has 0 spiro atoms. The fourth-order valence-corrected chi connectivity index (χ4v) is 1.24. The predicted octanol–water partition coefficient (Wildman–Crippen LogP) is 1.11. The molecule has 2 N–H and O–H groups in total. The summed E-state index contributed by atoms with van der Waals surface area (Å²) in [7, 11) is 0. The third-order valence-corrected chi connectivity index (χ3v) is 1.66. The summed E-state index contributed by atoms with van der Waals surface area (Å²) in [6, 6.07) is 0. The van der Waals surface area contributed by atoms with Crippen molar-refractivity contribution in [2.75, 3.05) is 5.73 Å². The highest BCUT2D eigenvalue weighted by molar-refractivity contribution is 5.14. The van der Waals surface area contributed by atoms with E-state index in [4.69, 9.17) is 10.5 Å². The van der Waals surface area contributed by atoms with Crippen LogP contribution in [0, 0.1) is 0 Å². The van der Waals surface area contributed by atoms with E-state index in [1.807, 2.05) is 27.7 Å². The minimum absolute atomic E-state index is 0.114. The zero-order chi connectivity index (χ0) is 10.8. The van der Waals surface area contributed by atoms with Crippen molar-refractivity contribution in [1.29, 1.82) is 0 Å². The first-order chi connectivity index (χ1) is 6.42. The van der Waals surface area contributed by atoms with E-state index in [2.05, 4.69) is 15.0 Å². The summed E-state index contributed by atoms with van der Waals surface area (Å²) in [5.41, 5.74) is 4.93. The molecule has 0 aliphatic heterocycles. The highest BCUT2D eigenvalue weighted by Crippen LogP contribution is 2.22. The van der Waals surface area contributed by atoms with Gasteiger partial charge in [-0.3, -0.25) is 0 Å². The first kappa shape index (κ1) is 10.8. The number of nitrogen functional groups attached to an aromatic ring is 1. The van der Waals surface area contributed by atoms with Crippen molar-refractivity contribution < 1.29 is 4.74 Å². The fraction of sp³-hybridized carbons (Fsp3) is 0.667. The summed E-state index contributed by atoms with van der Waals surface area (Å²) in [6.45, 7) is 7.74. The molecule has 1 aromatic heterocycles. The van der Waals surface area contributed by atoms with Gasteiger partial charge in [0.1, 0.15) is 11.9 Å². The molecule has 0 aliphatic rings. The molecular weight excluding hydrogens is 180 g/mol. The lowest BCUT2D eigenvalue weighted by molar-refractivity contribution is -0.0656. The summed E-state index contributed by atoms with van der Waals surface area (Å²) in [5, 5.41) is 0. The summed E-state index contributed by atoms with van der Waals surface area (Å²) in [5.74, 6) is 0.772. The van der Waals surface area contributed by atoms with Crippen molar-refractivity contribution in [2.45, 2.75) is 39.4 Å². The Kier molecular flexibility index (Phi) is 3.00. The van der Waals surface area contributed by atoms with Crippen LogP contribution in [0.2, 0.25) is 0 Å². The third-order valence-electron chi connectivity index (χ3n) is 1.66. The van der Waals surface area contributed by atoms with E-state index in [-0.39, 0.29) is 12.1 Å². The number of hydrogen-bond donors (Lipinski definition) is 1. The number of ether oxygens (including phenoxy) is 1. The molecule has 1 rings (SSSR count). The minimum atomic E-state index is -0.536. The molecule has 0 amide bonds. The van der Waals surface area contributed by atoms with Gasteiger partial charge in [0.15, 0.2) is 5.82 Å². The third kappa shape index (κ3) is 2.63. The maximum atomic E-state index is 5.67. The minimum Gasteiger partial charge on any atom is -0.368 e. The molecule has 0 radical (unpaired) electrons. The summed E-state index contributed by atoms with van der Waals surface area (Å²) in [6.07, 6.45) is 1.51. The molecule has 1 aromatic rings. The quantitative estimate of drug-likeness (QED) is 0.784. The van der Waals surface area contributed by atoms with E-state index in [9.17, 15) is 0 Å². The highest BCUT2D eigenvalue weighted by atomic mass is 16.5. The first-order valence-electron chi connectivity index (χ1n) is 4.54. The van der Waals surface area contributed by atoms with Gasteiger partial charge in [0, 0.05) is 0 Å². The Labute approximate surface area is 83.7 Å². The van der Waals surface area contributed by atoms with Crippen molar-refractivity contribution >= 4 is 5.95 Å². The SMILES string of the molecule is CC(C)OC(C)(C)c1ncnc(N)n1. The zero-order valence-corrected chi connectivity index (χ0v) is 8.98. The Balaban J connectivity index is 2.91. The normalized spacial score (nSPS) is 12.1. The van der Waals surface area contributed by atoms with E-state index >= 15 is 0 Å². The second-order valence-corrected chi connectivity index (χ2v) is 3.84. The van der Waals surface area contributed by atoms with Gasteiger partial charge in [0.05, 0.1) is 6.10 Å². The van der Waals surface area contributed by atoms with E-state index in [0.717, 1.165) is 0 Å². The first-order valence-corrected chi connectivity index (χ1v) is 4.54. The molecule has 0 aliphatic carbocycles. The van der Waals surface area contributed by atoms with Crippen molar-refractivity contribution in [1.82, 2.24) is 15.0 Å². The van der Waals surface area contributed by atoms with Crippen molar-refractivity contribution in [3.05, 3.63) is 12.2 Å². The van der Waals surface area contributed by atoms with Gasteiger partial charge in [-0.1, -0.05) is 0 Å². The number of rotatable bonds is 3. The zero-order valence-electron chi connectivity index (χ0n) is 8.98. The van der Waals surface area contributed by atoms with E-state index in [1.165, 1.54) is 6.33 Å². The summed E-state index contributed by atoms with van der Waals surface area (Å²) < 4.78 is 5.67. The van der Waals surface area contributed by atoms with Crippen molar-refractivity contribution in [2.24, 2.45) is 0 Å². The molecule has 0 fully saturated rings. The standard InChI is InChI=1S/C9H16N4O/c1-6(2)14-9(3,4)7-11-5-12-8(10)13-7/h5-6H,1-4H3,(H2,10,11,12,13). The molecule has 5 nitrogen and oxygen atoms in total. The van der Waals surface area contributed by atoms with Crippen LogP contribution in [0.4, 0.5) is 5.95 Å². The van der Waals surface area contributed by atoms with Gasteiger partial charge in [0.25, 0.3) is 0 Å². The fourth-order valence-electron chi connectivity index (χ4n) is 1.24. The highest BCUT2D eigenvalue weighted by Gasteiger charge is 2.26. The molecule has 0 saturated heterocycles. The average Bonchev–Trinajstić information content (AvgIpc) is 2.01. The number of anilines is 1. The van der Waals surface area contributed by atoms with E-state index in [1.54, 1.807) is 0 Å². The average molecular weight is 196 g/mol. The Hall–Kier alpha value is -1.23. The lowest BCUT2D eigenvalue weighted by atomic mass is 10.1. The molecule has 0 atom stereocenters. The molecule has 1 heterocycles. The Bertz CT molecular complexity index is 311. The number of nitrogens with zero attached hydrogens (tertiary/aromatic N) is 3. The summed E-state index contributed by atoms with van der Waals surface area (Å²) in [4.78, 5) is 11.8. The summed E-state index contributed by atoms with van der Waals surface area (Å²) >= 11 is 0. The van der Waals surface area contributed by atoms with Crippen LogP contribution in [0.25, 0.3) is 0 Å². The van der Waals surface area contributed by atoms with Crippen LogP contribution >= 0.6 is 0 Å². The predicted molar refractivity (Wildman–Crippen MR) is 53.5 cm³/mol. The Morgan fingerprint density at radius 3 is 2.50 bits per heavy atom. The van der Waals surface area contributed by atoms with Gasteiger partial charge < -0.3 is 10.5 Å². The molecule has 0 unspecified atom stereocenters. The molecule has 5 heteroatoms. The molecule has 14 heavy (non-hydrogen) atoms. The van der Waals surface area contributed by atoms with Crippen LogP contribution in [-0.4, -0.2) is 21.1 Å². The Morgan fingerprint density at radius 1 is 1.36 bits per heavy atom. The number of nitrogens with two attached hydrogens (primary N) is 1. The van der Waals surface area contributed by atoms with Gasteiger partial charge in [-0.25, -0.2) is 9.97 Å². The topological polar surface area (TPSA) is 73.9 Å². The van der Waals surface area contributed by atoms with Crippen molar-refractivity contribution in [3.63, 3.8) is 0 Å². The van der Waals surface area contributed by atoms with Gasteiger partial charge in [-0.15, -0.1) is 0 Å². The Morgan fingerprint density at radius 2 is 2.00 bits per heavy atom. The molecule has 0 saturated carbocycles. The maximum absolute atomic E-state index is 5.67. The van der Waals surface area contributed by atoms with E-state index in [0.29, 0.717) is 5.82 Å². The van der Waals surface area contributed by atoms with Crippen LogP contribution in [0.15, 0.2) is 6.33 Å². The van der Waals surface area contributed by atoms with Crippen LogP contribution in [0.5, 0.6) is 0 Å². The second kappa shape index (κ2) is 3.88. The maximum Gasteiger partial charge on any atom is 0.223 e. The lowest BCUT2D eigenvalue weighted by Gasteiger charge is -2.25. The van der Waals surface area contributed by atoms with Gasteiger partial charge in [-0.05, 0) is 27.7 Å². The van der Waals surface area contributed by atoms with E-state index < -0.39 is 5.60 Å². The van der Waals surface area contributed by atoms with Crippen molar-refractivity contribution in [3.8, 4) is 0 Å². The second-order valence-electron chi connectivity index (χ2n) is 3.84. The molecule has 0 bridgehead atoms. The number of hydrogen-bond acceptors (Lipinski definition) is 5. The smallest absolute Gasteiger partial charge is 0.223 e. The van der Waals surface area contributed by atoms with Crippen LogP contribution in [0.1, 0.15) is 33.5 Å². The van der Waals surface area contributed by atoms with Crippen LogP contribution < -0.4 is 5.73 Å². The lowest BCUT2D eigenvalue weighted by Crippen LogP contribution is -2.28. The van der Waals surface area contributed by atoms with Crippen LogP contribution in [0.3, 0.4) is 0 Å². The van der Waals surface area contributed by atoms with Gasteiger partial charge in [-0.2, -0.15) is 4.98 Å². The molecule has 78 valence electrons. The monoisotopic (exact) mass is 196 g/mol. The molecular formula is C9H16N4O. The molecule has 0 aromatic carbocycles. The number of aromatic nitrogens is 3. The van der Waals surface area contributed by atoms with Gasteiger partial charge >= 0.3 is 0 Å². The van der Waals surface area contributed by atoms with Crippen LogP contribution in [-0.2, 0) is 10.3 Å². The van der Waals surface area contributed by atoms with Gasteiger partial charge in [0.2, 0.25) is 5.95 Å². The largest absolute Gasteiger partial charge is 0.368 e.